The number of hydrogen-bond acceptors (Lipinski definition) is 7. The summed E-state index contributed by atoms with van der Waals surface area (Å²) in [6, 6.07) is 1.37. The van der Waals surface area contributed by atoms with E-state index >= 15 is 0 Å². The Kier molecular flexibility index (Phi) is 4.85. The standard InChI is InChI=1S/C17H29N5O2/c1-13(2)21-4-6-22(7-5-21)15-9-20(10-15)11-16-18-17(24-19-16)14-3-8-23-12-14/h13-15H,3-12H2,1-2H3. The highest BCUT2D eigenvalue weighted by Crippen LogP contribution is 2.24. The van der Waals surface area contributed by atoms with Gasteiger partial charge in [0, 0.05) is 58.0 Å². The molecule has 1 unspecified atom stereocenters. The Bertz CT molecular complexity index is 529. The molecule has 24 heavy (non-hydrogen) atoms. The predicted octanol–water partition coefficient (Wildman–Crippen LogP) is 0.784. The minimum atomic E-state index is 0.299. The highest BCUT2D eigenvalue weighted by Gasteiger charge is 2.34. The summed E-state index contributed by atoms with van der Waals surface area (Å²) in [5.41, 5.74) is 0. The number of hydrogen-bond donors (Lipinski definition) is 0. The van der Waals surface area contributed by atoms with E-state index in [0.29, 0.717) is 18.0 Å². The normalized spacial score (nSPS) is 27.9. The van der Waals surface area contributed by atoms with Crippen LogP contribution in [0.15, 0.2) is 4.52 Å². The van der Waals surface area contributed by atoms with Gasteiger partial charge in [-0.25, -0.2) is 0 Å². The van der Waals surface area contributed by atoms with E-state index in [1.165, 1.54) is 26.2 Å². The molecule has 0 N–H and O–H groups in total. The van der Waals surface area contributed by atoms with Crippen molar-refractivity contribution in [1.29, 1.82) is 0 Å². The van der Waals surface area contributed by atoms with Gasteiger partial charge in [-0.2, -0.15) is 4.98 Å². The number of ether oxygens (including phenoxy) is 1. The van der Waals surface area contributed by atoms with Crippen LogP contribution in [0, 0.1) is 0 Å². The van der Waals surface area contributed by atoms with Crippen LogP contribution in [0.1, 0.15) is 37.9 Å². The Morgan fingerprint density at radius 3 is 2.62 bits per heavy atom. The van der Waals surface area contributed by atoms with Crippen LogP contribution >= 0.6 is 0 Å². The molecule has 3 aliphatic rings. The summed E-state index contributed by atoms with van der Waals surface area (Å²) in [5, 5.41) is 4.15. The number of likely N-dealkylation sites (tertiary alicyclic amines) is 1. The predicted molar refractivity (Wildman–Crippen MR) is 89.8 cm³/mol. The Labute approximate surface area is 143 Å². The van der Waals surface area contributed by atoms with E-state index in [1.807, 2.05) is 0 Å². The molecule has 3 fully saturated rings. The molecule has 0 radical (unpaired) electrons. The quantitative estimate of drug-likeness (QED) is 0.788. The highest BCUT2D eigenvalue weighted by molar-refractivity contribution is 4.98. The zero-order valence-electron chi connectivity index (χ0n) is 14.9. The molecule has 0 spiro atoms. The van der Waals surface area contributed by atoms with Gasteiger partial charge < -0.3 is 9.26 Å². The van der Waals surface area contributed by atoms with Crippen molar-refractivity contribution in [3.63, 3.8) is 0 Å². The summed E-state index contributed by atoms with van der Waals surface area (Å²) in [6.45, 7) is 14.0. The third-order valence-electron chi connectivity index (χ3n) is 5.66. The van der Waals surface area contributed by atoms with E-state index in [1.54, 1.807) is 0 Å². The number of aromatic nitrogens is 2. The average molecular weight is 335 g/mol. The van der Waals surface area contributed by atoms with Crippen molar-refractivity contribution in [2.24, 2.45) is 0 Å². The van der Waals surface area contributed by atoms with Crippen LogP contribution in [0.25, 0.3) is 0 Å². The number of piperazine rings is 1. The maximum Gasteiger partial charge on any atom is 0.232 e. The van der Waals surface area contributed by atoms with E-state index in [9.17, 15) is 0 Å². The first-order valence-electron chi connectivity index (χ1n) is 9.29. The van der Waals surface area contributed by atoms with Gasteiger partial charge in [-0.3, -0.25) is 14.7 Å². The van der Waals surface area contributed by atoms with Crippen molar-refractivity contribution >= 4 is 0 Å². The maximum absolute atomic E-state index is 5.41. The van der Waals surface area contributed by atoms with E-state index < -0.39 is 0 Å². The lowest BCUT2D eigenvalue weighted by Crippen LogP contribution is -2.63. The van der Waals surface area contributed by atoms with Gasteiger partial charge in [0.1, 0.15) is 0 Å². The fraction of sp³-hybridized carbons (Fsp3) is 0.882. The van der Waals surface area contributed by atoms with E-state index in [-0.39, 0.29) is 0 Å². The van der Waals surface area contributed by atoms with Crippen LogP contribution in [0.5, 0.6) is 0 Å². The van der Waals surface area contributed by atoms with Crippen molar-refractivity contribution in [3.05, 3.63) is 11.7 Å². The van der Waals surface area contributed by atoms with Gasteiger partial charge in [0.05, 0.1) is 19.1 Å². The molecular formula is C17H29N5O2. The molecule has 1 aromatic rings. The number of rotatable bonds is 5. The molecule has 7 nitrogen and oxygen atoms in total. The summed E-state index contributed by atoms with van der Waals surface area (Å²) in [7, 11) is 0. The second-order valence-corrected chi connectivity index (χ2v) is 7.62. The molecule has 0 aliphatic carbocycles. The lowest BCUT2D eigenvalue weighted by atomic mass is 10.1. The minimum Gasteiger partial charge on any atom is -0.381 e. The van der Waals surface area contributed by atoms with Gasteiger partial charge in [0.25, 0.3) is 0 Å². The second kappa shape index (κ2) is 7.07. The van der Waals surface area contributed by atoms with Gasteiger partial charge in [-0.1, -0.05) is 5.16 Å². The molecule has 134 valence electrons. The van der Waals surface area contributed by atoms with Crippen molar-refractivity contribution in [2.45, 2.75) is 44.8 Å². The van der Waals surface area contributed by atoms with Crippen LogP contribution < -0.4 is 0 Å². The van der Waals surface area contributed by atoms with Crippen LogP contribution in [-0.2, 0) is 11.3 Å². The smallest absolute Gasteiger partial charge is 0.232 e. The van der Waals surface area contributed by atoms with Crippen LogP contribution in [0.3, 0.4) is 0 Å². The zero-order valence-corrected chi connectivity index (χ0v) is 14.9. The molecule has 4 rings (SSSR count). The lowest BCUT2D eigenvalue weighted by Gasteiger charge is -2.48. The Balaban J connectivity index is 1.21. The van der Waals surface area contributed by atoms with Crippen LogP contribution in [-0.4, -0.2) is 89.4 Å². The fourth-order valence-electron chi connectivity index (χ4n) is 3.95. The van der Waals surface area contributed by atoms with Gasteiger partial charge in [-0.15, -0.1) is 0 Å². The Morgan fingerprint density at radius 1 is 1.17 bits per heavy atom. The molecule has 0 amide bonds. The third-order valence-corrected chi connectivity index (χ3v) is 5.66. The lowest BCUT2D eigenvalue weighted by molar-refractivity contribution is -0.00537. The van der Waals surface area contributed by atoms with Crippen LogP contribution in [0.2, 0.25) is 0 Å². The number of nitrogens with zero attached hydrogens (tertiary/aromatic N) is 5. The molecule has 4 heterocycles. The van der Waals surface area contributed by atoms with Gasteiger partial charge in [-0.05, 0) is 20.3 Å². The summed E-state index contributed by atoms with van der Waals surface area (Å²) in [4.78, 5) is 12.2. The first-order chi connectivity index (χ1) is 11.7. The average Bonchev–Trinajstić information content (AvgIpc) is 3.21. The molecule has 7 heteroatoms. The largest absolute Gasteiger partial charge is 0.381 e. The first kappa shape index (κ1) is 16.4. The van der Waals surface area contributed by atoms with E-state index in [2.05, 4.69) is 38.7 Å². The van der Waals surface area contributed by atoms with Crippen molar-refractivity contribution in [3.8, 4) is 0 Å². The molecule has 3 saturated heterocycles. The van der Waals surface area contributed by atoms with Gasteiger partial charge >= 0.3 is 0 Å². The molecule has 1 aromatic heterocycles. The summed E-state index contributed by atoms with van der Waals surface area (Å²) in [6.07, 6.45) is 0.996. The molecule has 0 aromatic carbocycles. The minimum absolute atomic E-state index is 0.299. The van der Waals surface area contributed by atoms with Crippen LogP contribution in [0.4, 0.5) is 0 Å². The van der Waals surface area contributed by atoms with Crippen molar-refractivity contribution in [1.82, 2.24) is 24.8 Å². The summed E-state index contributed by atoms with van der Waals surface area (Å²) < 4.78 is 10.8. The zero-order chi connectivity index (χ0) is 16.5. The first-order valence-corrected chi connectivity index (χ1v) is 9.29. The third kappa shape index (κ3) is 3.49. The maximum atomic E-state index is 5.41. The van der Waals surface area contributed by atoms with Crippen molar-refractivity contribution < 1.29 is 9.26 Å². The summed E-state index contributed by atoms with van der Waals surface area (Å²) in [5.74, 6) is 1.87. The topological polar surface area (TPSA) is 57.9 Å². The molecule has 0 saturated carbocycles. The molecule has 3 aliphatic heterocycles. The summed E-state index contributed by atoms with van der Waals surface area (Å²) >= 11 is 0. The second-order valence-electron chi connectivity index (χ2n) is 7.62. The molecule has 1 atom stereocenters. The fourth-order valence-corrected chi connectivity index (χ4v) is 3.95. The molecule has 0 bridgehead atoms. The van der Waals surface area contributed by atoms with E-state index in [0.717, 1.165) is 51.0 Å². The van der Waals surface area contributed by atoms with Gasteiger partial charge in [0.15, 0.2) is 5.82 Å². The Hall–Kier alpha value is -1.02. The molecular weight excluding hydrogens is 306 g/mol. The monoisotopic (exact) mass is 335 g/mol. The highest BCUT2D eigenvalue weighted by atomic mass is 16.5. The van der Waals surface area contributed by atoms with Gasteiger partial charge in [0.2, 0.25) is 5.89 Å². The Morgan fingerprint density at radius 2 is 1.96 bits per heavy atom. The SMILES string of the molecule is CC(C)N1CCN(C2CN(Cc3noc(C4CCOC4)n3)C2)CC1. The van der Waals surface area contributed by atoms with E-state index in [4.69, 9.17) is 9.26 Å². The van der Waals surface area contributed by atoms with Crippen molar-refractivity contribution in [2.75, 3.05) is 52.5 Å².